The molecule has 2 nitrogen and oxygen atoms in total. The minimum atomic E-state index is -0.0399. The third kappa shape index (κ3) is 1.38. The van der Waals surface area contributed by atoms with E-state index in [2.05, 4.69) is 21.2 Å². The standard InChI is InChI=1S/C6H6BrNOS/c1-8-6(9)5-4(7)2-3-10-5/h2-3H,1H3,(H,8,9). The summed E-state index contributed by atoms with van der Waals surface area (Å²) in [5.41, 5.74) is 0. The molecular weight excluding hydrogens is 214 g/mol. The van der Waals surface area contributed by atoms with Crippen LogP contribution in [0.3, 0.4) is 0 Å². The summed E-state index contributed by atoms with van der Waals surface area (Å²) in [4.78, 5) is 11.7. The van der Waals surface area contributed by atoms with Gasteiger partial charge in [0.05, 0.1) is 0 Å². The van der Waals surface area contributed by atoms with Gasteiger partial charge in [-0.3, -0.25) is 4.79 Å². The van der Waals surface area contributed by atoms with Crippen LogP contribution in [0.2, 0.25) is 0 Å². The second-order valence-electron chi connectivity index (χ2n) is 1.68. The average Bonchev–Trinajstić information content (AvgIpc) is 2.34. The van der Waals surface area contributed by atoms with Crippen molar-refractivity contribution in [2.45, 2.75) is 0 Å². The summed E-state index contributed by atoms with van der Waals surface area (Å²) in [7, 11) is 1.62. The Hall–Kier alpha value is -0.350. The Morgan fingerprint density at radius 2 is 2.50 bits per heavy atom. The Morgan fingerprint density at radius 3 is 2.90 bits per heavy atom. The average molecular weight is 220 g/mol. The van der Waals surface area contributed by atoms with E-state index in [1.54, 1.807) is 7.05 Å². The number of hydrogen-bond acceptors (Lipinski definition) is 2. The topological polar surface area (TPSA) is 29.1 Å². The van der Waals surface area contributed by atoms with Gasteiger partial charge in [-0.15, -0.1) is 11.3 Å². The predicted octanol–water partition coefficient (Wildman–Crippen LogP) is 1.87. The SMILES string of the molecule is CNC(=O)c1sccc1Br. The van der Waals surface area contributed by atoms with Crippen molar-refractivity contribution in [3.63, 3.8) is 0 Å². The van der Waals surface area contributed by atoms with Crippen LogP contribution < -0.4 is 5.32 Å². The first-order valence-corrected chi connectivity index (χ1v) is 4.38. The summed E-state index contributed by atoms with van der Waals surface area (Å²) in [6.45, 7) is 0. The number of amides is 1. The summed E-state index contributed by atoms with van der Waals surface area (Å²) in [6.07, 6.45) is 0. The molecule has 0 spiro atoms. The predicted molar refractivity (Wildman–Crippen MR) is 45.4 cm³/mol. The van der Waals surface area contributed by atoms with Crippen molar-refractivity contribution in [1.29, 1.82) is 0 Å². The van der Waals surface area contributed by atoms with E-state index in [4.69, 9.17) is 0 Å². The first-order chi connectivity index (χ1) is 4.75. The van der Waals surface area contributed by atoms with Gasteiger partial charge in [0.15, 0.2) is 0 Å². The number of hydrogen-bond donors (Lipinski definition) is 1. The maximum atomic E-state index is 11.0. The molecule has 1 rings (SSSR count). The lowest BCUT2D eigenvalue weighted by molar-refractivity contribution is 0.0966. The van der Waals surface area contributed by atoms with Crippen molar-refractivity contribution in [3.05, 3.63) is 20.8 Å². The van der Waals surface area contributed by atoms with Gasteiger partial charge in [-0.25, -0.2) is 0 Å². The zero-order valence-corrected chi connectivity index (χ0v) is 7.75. The van der Waals surface area contributed by atoms with E-state index in [9.17, 15) is 4.79 Å². The first-order valence-electron chi connectivity index (χ1n) is 2.70. The van der Waals surface area contributed by atoms with Crippen LogP contribution in [0, 0.1) is 0 Å². The Morgan fingerprint density at radius 1 is 1.80 bits per heavy atom. The minimum absolute atomic E-state index is 0.0399. The lowest BCUT2D eigenvalue weighted by Gasteiger charge is -1.93. The molecule has 54 valence electrons. The fraction of sp³-hybridized carbons (Fsp3) is 0.167. The Balaban J connectivity index is 2.93. The van der Waals surface area contributed by atoms with Crippen LogP contribution in [-0.2, 0) is 0 Å². The molecule has 0 saturated carbocycles. The molecule has 0 atom stereocenters. The fourth-order valence-electron chi connectivity index (χ4n) is 0.569. The number of carbonyl (C=O) groups excluding carboxylic acids is 1. The molecule has 0 aromatic carbocycles. The summed E-state index contributed by atoms with van der Waals surface area (Å²) < 4.78 is 0.858. The zero-order chi connectivity index (χ0) is 7.56. The Labute approximate surface area is 71.4 Å². The van der Waals surface area contributed by atoms with Crippen LogP contribution in [0.25, 0.3) is 0 Å². The fourth-order valence-corrected chi connectivity index (χ4v) is 2.07. The number of rotatable bonds is 1. The van der Waals surface area contributed by atoms with Crippen LogP contribution >= 0.6 is 27.3 Å². The van der Waals surface area contributed by atoms with Gasteiger partial charge in [0, 0.05) is 11.5 Å². The van der Waals surface area contributed by atoms with E-state index in [0.717, 1.165) is 9.35 Å². The van der Waals surface area contributed by atoms with Gasteiger partial charge in [0.2, 0.25) is 0 Å². The van der Waals surface area contributed by atoms with Gasteiger partial charge in [0.25, 0.3) is 5.91 Å². The van der Waals surface area contributed by atoms with Gasteiger partial charge < -0.3 is 5.32 Å². The van der Waals surface area contributed by atoms with E-state index in [1.165, 1.54) is 11.3 Å². The van der Waals surface area contributed by atoms with Crippen LogP contribution in [0.15, 0.2) is 15.9 Å². The third-order valence-electron chi connectivity index (χ3n) is 1.05. The molecular formula is C6H6BrNOS. The van der Waals surface area contributed by atoms with Gasteiger partial charge in [-0.05, 0) is 27.4 Å². The molecule has 1 aromatic rings. The van der Waals surface area contributed by atoms with Crippen molar-refractivity contribution < 1.29 is 4.79 Å². The van der Waals surface area contributed by atoms with Gasteiger partial charge in [0.1, 0.15) is 4.88 Å². The monoisotopic (exact) mass is 219 g/mol. The third-order valence-corrected chi connectivity index (χ3v) is 2.89. The molecule has 0 saturated heterocycles. The highest BCUT2D eigenvalue weighted by atomic mass is 79.9. The van der Waals surface area contributed by atoms with Gasteiger partial charge in [-0.1, -0.05) is 0 Å². The van der Waals surface area contributed by atoms with E-state index >= 15 is 0 Å². The van der Waals surface area contributed by atoms with Gasteiger partial charge >= 0.3 is 0 Å². The molecule has 10 heavy (non-hydrogen) atoms. The normalized spacial score (nSPS) is 9.40. The summed E-state index contributed by atoms with van der Waals surface area (Å²) in [6, 6.07) is 1.86. The van der Waals surface area contributed by atoms with Crippen LogP contribution in [0.5, 0.6) is 0 Å². The van der Waals surface area contributed by atoms with E-state index in [0.29, 0.717) is 0 Å². The molecule has 1 aromatic heterocycles. The highest BCUT2D eigenvalue weighted by molar-refractivity contribution is 9.10. The maximum absolute atomic E-state index is 11.0. The largest absolute Gasteiger partial charge is 0.354 e. The van der Waals surface area contributed by atoms with Crippen LogP contribution in [0.1, 0.15) is 9.67 Å². The molecule has 0 aliphatic heterocycles. The smallest absolute Gasteiger partial charge is 0.262 e. The molecule has 1 heterocycles. The second kappa shape index (κ2) is 3.16. The van der Waals surface area contributed by atoms with Gasteiger partial charge in [-0.2, -0.15) is 0 Å². The van der Waals surface area contributed by atoms with Crippen molar-refractivity contribution in [2.75, 3.05) is 7.05 Å². The van der Waals surface area contributed by atoms with E-state index < -0.39 is 0 Å². The number of nitrogens with one attached hydrogen (secondary N) is 1. The van der Waals surface area contributed by atoms with Crippen molar-refractivity contribution in [3.8, 4) is 0 Å². The van der Waals surface area contributed by atoms with E-state index in [-0.39, 0.29) is 5.91 Å². The van der Waals surface area contributed by atoms with Crippen molar-refractivity contribution in [2.24, 2.45) is 0 Å². The van der Waals surface area contributed by atoms with Crippen LogP contribution in [-0.4, -0.2) is 13.0 Å². The molecule has 0 unspecified atom stereocenters. The number of halogens is 1. The summed E-state index contributed by atoms with van der Waals surface area (Å²) >= 11 is 4.68. The van der Waals surface area contributed by atoms with Crippen LogP contribution in [0.4, 0.5) is 0 Å². The lowest BCUT2D eigenvalue weighted by Crippen LogP contribution is -2.16. The Bertz CT molecular complexity index is 246. The quantitative estimate of drug-likeness (QED) is 0.769. The Kier molecular flexibility index (Phi) is 2.45. The molecule has 4 heteroatoms. The molecule has 0 bridgehead atoms. The number of thiophene rings is 1. The minimum Gasteiger partial charge on any atom is -0.354 e. The molecule has 0 radical (unpaired) electrons. The molecule has 1 N–H and O–H groups in total. The highest BCUT2D eigenvalue weighted by Crippen LogP contribution is 2.21. The summed E-state index contributed by atoms with van der Waals surface area (Å²) in [5.74, 6) is -0.0399. The maximum Gasteiger partial charge on any atom is 0.262 e. The molecule has 1 amide bonds. The molecule has 0 fully saturated rings. The van der Waals surface area contributed by atoms with E-state index in [1.807, 2.05) is 11.4 Å². The summed E-state index contributed by atoms with van der Waals surface area (Å²) in [5, 5.41) is 4.42. The zero-order valence-electron chi connectivity index (χ0n) is 5.35. The first kappa shape index (κ1) is 7.75. The molecule has 0 aliphatic rings. The highest BCUT2D eigenvalue weighted by Gasteiger charge is 2.07. The second-order valence-corrected chi connectivity index (χ2v) is 3.45. The number of carbonyl (C=O) groups is 1. The van der Waals surface area contributed by atoms with Crippen molar-refractivity contribution in [1.82, 2.24) is 5.32 Å². The molecule has 0 aliphatic carbocycles. The lowest BCUT2D eigenvalue weighted by atomic mass is 10.4. The van der Waals surface area contributed by atoms with Crippen molar-refractivity contribution >= 4 is 33.2 Å².